The summed E-state index contributed by atoms with van der Waals surface area (Å²) in [5, 5.41) is 9.73. The Morgan fingerprint density at radius 2 is 2.12 bits per heavy atom. The fourth-order valence-electron chi connectivity index (χ4n) is 1.66. The van der Waals surface area contributed by atoms with Gasteiger partial charge in [-0.2, -0.15) is 0 Å². The molecule has 0 fully saturated rings. The second-order valence-electron chi connectivity index (χ2n) is 3.64. The van der Waals surface area contributed by atoms with E-state index in [1.165, 1.54) is 0 Å². The lowest BCUT2D eigenvalue weighted by atomic mass is 10.0. The lowest BCUT2D eigenvalue weighted by Crippen LogP contribution is -2.32. The number of nitrogens with zero attached hydrogens (tertiary/aromatic N) is 1. The summed E-state index contributed by atoms with van der Waals surface area (Å²) >= 11 is 0. The van der Waals surface area contributed by atoms with E-state index in [4.69, 9.17) is 10.8 Å². The maximum Gasteiger partial charge on any atom is 0.320 e. The first-order chi connectivity index (χ1) is 7.68. The van der Waals surface area contributed by atoms with Gasteiger partial charge in [-0.25, -0.2) is 0 Å². The highest BCUT2D eigenvalue weighted by Gasteiger charge is 2.13. The van der Waals surface area contributed by atoms with Crippen molar-refractivity contribution in [3.05, 3.63) is 42.1 Å². The van der Waals surface area contributed by atoms with Gasteiger partial charge in [0.05, 0.1) is 5.52 Å². The Labute approximate surface area is 92.7 Å². The van der Waals surface area contributed by atoms with Gasteiger partial charge in [0.15, 0.2) is 0 Å². The van der Waals surface area contributed by atoms with Crippen molar-refractivity contribution in [2.75, 3.05) is 0 Å². The molecule has 1 heterocycles. The normalized spacial score (nSPS) is 12.6. The van der Waals surface area contributed by atoms with Crippen LogP contribution in [0.4, 0.5) is 0 Å². The van der Waals surface area contributed by atoms with Crippen LogP contribution in [0.1, 0.15) is 5.56 Å². The topological polar surface area (TPSA) is 76.2 Å². The van der Waals surface area contributed by atoms with Crippen molar-refractivity contribution < 1.29 is 9.90 Å². The first-order valence-corrected chi connectivity index (χ1v) is 4.99. The Morgan fingerprint density at radius 1 is 1.38 bits per heavy atom. The highest BCUT2D eigenvalue weighted by molar-refractivity contribution is 5.83. The SMILES string of the molecule is N[C@H](Cc1ccnc2ccccc12)C(=O)O. The number of carboxylic acid groups (broad SMARTS) is 1. The smallest absolute Gasteiger partial charge is 0.320 e. The molecule has 0 bridgehead atoms. The zero-order valence-corrected chi connectivity index (χ0v) is 8.63. The van der Waals surface area contributed by atoms with Gasteiger partial charge < -0.3 is 10.8 Å². The van der Waals surface area contributed by atoms with E-state index in [1.54, 1.807) is 6.20 Å². The number of para-hydroxylation sites is 1. The summed E-state index contributed by atoms with van der Waals surface area (Å²) in [6.07, 6.45) is 1.99. The average Bonchev–Trinajstić information content (AvgIpc) is 2.29. The van der Waals surface area contributed by atoms with Crippen LogP contribution >= 0.6 is 0 Å². The molecule has 0 spiro atoms. The molecule has 0 saturated heterocycles. The number of hydrogen-bond acceptors (Lipinski definition) is 3. The molecule has 1 aromatic heterocycles. The molecular weight excluding hydrogens is 204 g/mol. The van der Waals surface area contributed by atoms with Crippen molar-refractivity contribution in [3.63, 3.8) is 0 Å². The van der Waals surface area contributed by atoms with Gasteiger partial charge in [-0.3, -0.25) is 9.78 Å². The molecule has 0 amide bonds. The third-order valence-corrected chi connectivity index (χ3v) is 2.50. The number of hydrogen-bond donors (Lipinski definition) is 2. The molecule has 0 saturated carbocycles. The number of carboxylic acids is 1. The van der Waals surface area contributed by atoms with Gasteiger partial charge in [-0.15, -0.1) is 0 Å². The molecule has 3 N–H and O–H groups in total. The maximum atomic E-state index is 10.7. The van der Waals surface area contributed by atoms with Gasteiger partial charge in [0, 0.05) is 11.6 Å². The number of nitrogens with two attached hydrogens (primary N) is 1. The first kappa shape index (κ1) is 10.6. The predicted molar refractivity (Wildman–Crippen MR) is 61.1 cm³/mol. The van der Waals surface area contributed by atoms with E-state index in [0.717, 1.165) is 16.5 Å². The monoisotopic (exact) mass is 216 g/mol. The molecule has 0 aliphatic rings. The molecule has 0 unspecified atom stereocenters. The fraction of sp³-hybridized carbons (Fsp3) is 0.167. The summed E-state index contributed by atoms with van der Waals surface area (Å²) in [6.45, 7) is 0. The van der Waals surface area contributed by atoms with Crippen LogP contribution in [-0.4, -0.2) is 22.1 Å². The molecule has 1 atom stereocenters. The third kappa shape index (κ3) is 2.01. The molecular formula is C12H12N2O2. The molecule has 0 aliphatic heterocycles. The van der Waals surface area contributed by atoms with Gasteiger partial charge >= 0.3 is 5.97 Å². The van der Waals surface area contributed by atoms with Crippen LogP contribution < -0.4 is 5.73 Å². The van der Waals surface area contributed by atoms with Gasteiger partial charge in [0.1, 0.15) is 6.04 Å². The number of rotatable bonds is 3. The van der Waals surface area contributed by atoms with Gasteiger partial charge in [0.2, 0.25) is 0 Å². The average molecular weight is 216 g/mol. The van der Waals surface area contributed by atoms with Crippen LogP contribution in [0.25, 0.3) is 10.9 Å². The van der Waals surface area contributed by atoms with Gasteiger partial charge in [-0.05, 0) is 24.1 Å². The second-order valence-corrected chi connectivity index (χ2v) is 3.64. The van der Waals surface area contributed by atoms with E-state index in [1.807, 2.05) is 30.3 Å². The predicted octanol–water partition coefficient (Wildman–Crippen LogP) is 1.19. The van der Waals surface area contributed by atoms with Gasteiger partial charge in [-0.1, -0.05) is 18.2 Å². The van der Waals surface area contributed by atoms with Crippen LogP contribution in [0.2, 0.25) is 0 Å². The van der Waals surface area contributed by atoms with Crippen molar-refractivity contribution in [1.29, 1.82) is 0 Å². The lowest BCUT2D eigenvalue weighted by Gasteiger charge is -2.08. The van der Waals surface area contributed by atoms with Crippen LogP contribution in [0, 0.1) is 0 Å². The van der Waals surface area contributed by atoms with E-state index >= 15 is 0 Å². The summed E-state index contributed by atoms with van der Waals surface area (Å²) in [6, 6.07) is 8.56. The van der Waals surface area contributed by atoms with Crippen LogP contribution in [0.3, 0.4) is 0 Å². The highest BCUT2D eigenvalue weighted by Crippen LogP contribution is 2.17. The largest absolute Gasteiger partial charge is 0.480 e. The van der Waals surface area contributed by atoms with Crippen molar-refractivity contribution in [2.24, 2.45) is 5.73 Å². The van der Waals surface area contributed by atoms with E-state index in [-0.39, 0.29) is 0 Å². The molecule has 2 aromatic rings. The number of fused-ring (bicyclic) bond motifs is 1. The van der Waals surface area contributed by atoms with E-state index in [9.17, 15) is 4.79 Å². The zero-order chi connectivity index (χ0) is 11.5. The van der Waals surface area contributed by atoms with Crippen LogP contribution in [0.15, 0.2) is 36.5 Å². The summed E-state index contributed by atoms with van der Waals surface area (Å²) in [5.41, 5.74) is 7.30. The Balaban J connectivity index is 2.41. The Kier molecular flexibility index (Phi) is 2.83. The molecule has 2 rings (SSSR count). The summed E-state index contributed by atoms with van der Waals surface area (Å²) in [7, 11) is 0. The van der Waals surface area contributed by atoms with Crippen LogP contribution in [-0.2, 0) is 11.2 Å². The van der Waals surface area contributed by atoms with Crippen molar-refractivity contribution >= 4 is 16.9 Å². The molecule has 0 aliphatic carbocycles. The lowest BCUT2D eigenvalue weighted by molar-refractivity contribution is -0.138. The molecule has 16 heavy (non-hydrogen) atoms. The number of carbonyl (C=O) groups is 1. The quantitative estimate of drug-likeness (QED) is 0.808. The molecule has 1 aromatic carbocycles. The maximum absolute atomic E-state index is 10.7. The summed E-state index contributed by atoms with van der Waals surface area (Å²) < 4.78 is 0. The van der Waals surface area contributed by atoms with Crippen LogP contribution in [0.5, 0.6) is 0 Å². The summed E-state index contributed by atoms with van der Waals surface area (Å²) in [5.74, 6) is -0.985. The van der Waals surface area contributed by atoms with E-state index in [0.29, 0.717) is 6.42 Å². The zero-order valence-electron chi connectivity index (χ0n) is 8.63. The van der Waals surface area contributed by atoms with E-state index < -0.39 is 12.0 Å². The third-order valence-electron chi connectivity index (χ3n) is 2.50. The van der Waals surface area contributed by atoms with Crippen molar-refractivity contribution in [3.8, 4) is 0 Å². The van der Waals surface area contributed by atoms with Crippen molar-refractivity contribution in [1.82, 2.24) is 4.98 Å². The van der Waals surface area contributed by atoms with Crippen molar-refractivity contribution in [2.45, 2.75) is 12.5 Å². The standard InChI is InChI=1S/C12H12N2O2/c13-10(12(15)16)7-8-5-6-14-11-4-2-1-3-9(8)11/h1-6,10H,7,13H2,(H,15,16)/t10-/m1/s1. The summed E-state index contributed by atoms with van der Waals surface area (Å²) in [4.78, 5) is 14.9. The molecule has 0 radical (unpaired) electrons. The van der Waals surface area contributed by atoms with Gasteiger partial charge in [0.25, 0.3) is 0 Å². The molecule has 4 heteroatoms. The Hall–Kier alpha value is -1.94. The minimum atomic E-state index is -0.985. The minimum absolute atomic E-state index is 0.318. The fourth-order valence-corrected chi connectivity index (χ4v) is 1.66. The Morgan fingerprint density at radius 3 is 2.88 bits per heavy atom. The Bertz CT molecular complexity index is 520. The first-order valence-electron chi connectivity index (χ1n) is 4.99. The molecule has 4 nitrogen and oxygen atoms in total. The number of aromatic nitrogens is 1. The van der Waals surface area contributed by atoms with E-state index in [2.05, 4.69) is 4.98 Å². The number of benzene rings is 1. The second kappa shape index (κ2) is 4.28. The number of aliphatic carboxylic acids is 1. The highest BCUT2D eigenvalue weighted by atomic mass is 16.4. The number of pyridine rings is 1. The molecule has 82 valence electrons. The minimum Gasteiger partial charge on any atom is -0.480 e.